The van der Waals surface area contributed by atoms with Gasteiger partial charge in [0, 0.05) is 16.6 Å². The molecule has 2 aromatic heterocycles. The Morgan fingerprint density at radius 1 is 1.12 bits per heavy atom. The van der Waals surface area contributed by atoms with E-state index in [0.717, 1.165) is 22.7 Å². The molecule has 5 aromatic rings. The second-order valence-corrected chi connectivity index (χ2v) is 8.39. The molecule has 9 heteroatoms. The monoisotopic (exact) mass is 474 g/mol. The summed E-state index contributed by atoms with van der Waals surface area (Å²) >= 11 is 1.11. The van der Waals surface area contributed by atoms with Crippen molar-refractivity contribution < 1.29 is 13.9 Å². The smallest absolute Gasteiger partial charge is 0.283 e. The number of fused-ring (bicyclic) bond motifs is 3. The number of thioether (sulfide) groups is 1. The zero-order chi connectivity index (χ0) is 23.7. The van der Waals surface area contributed by atoms with Gasteiger partial charge in [-0.15, -0.1) is 0 Å². The number of ether oxygens (including phenoxy) is 1. The number of anilines is 1. The standard InChI is InChI=1S/C25H19FN4O3S/c1-33-20-12-5-4-11-19(20)30-24(32)23-22(17-9-2-3-10-18(17)28-23)29-25(30)34-14-21(31)27-16-8-6-7-15(26)13-16/h2-13,28H,14H2,1H3,(H,27,31). The molecule has 0 radical (unpaired) electrons. The number of aromatic amines is 1. The largest absolute Gasteiger partial charge is 0.495 e. The van der Waals surface area contributed by atoms with E-state index in [9.17, 15) is 14.0 Å². The molecule has 0 fully saturated rings. The first-order chi connectivity index (χ1) is 16.5. The molecular weight excluding hydrogens is 455 g/mol. The Hall–Kier alpha value is -4.11. The molecule has 3 aromatic carbocycles. The Balaban J connectivity index is 1.59. The van der Waals surface area contributed by atoms with Crippen molar-refractivity contribution >= 4 is 45.3 Å². The van der Waals surface area contributed by atoms with Crippen LogP contribution in [0.2, 0.25) is 0 Å². The minimum absolute atomic E-state index is 0.0357. The van der Waals surface area contributed by atoms with E-state index in [2.05, 4.69) is 10.3 Å². The fourth-order valence-electron chi connectivity index (χ4n) is 3.76. The van der Waals surface area contributed by atoms with Crippen LogP contribution in [0.5, 0.6) is 5.75 Å². The van der Waals surface area contributed by atoms with Crippen LogP contribution in [0.15, 0.2) is 82.7 Å². The Labute approximate surface area is 197 Å². The average molecular weight is 475 g/mol. The third-order valence-corrected chi connectivity index (χ3v) is 6.20. The number of nitrogens with zero attached hydrogens (tertiary/aromatic N) is 2. The molecule has 0 bridgehead atoms. The van der Waals surface area contributed by atoms with Gasteiger partial charge in [0.2, 0.25) is 5.91 Å². The van der Waals surface area contributed by atoms with Gasteiger partial charge in [-0.05, 0) is 36.4 Å². The molecule has 170 valence electrons. The number of H-pyrrole nitrogens is 1. The Kier molecular flexibility index (Phi) is 5.77. The Morgan fingerprint density at radius 2 is 1.91 bits per heavy atom. The van der Waals surface area contributed by atoms with Gasteiger partial charge in [-0.25, -0.2) is 13.9 Å². The van der Waals surface area contributed by atoms with E-state index in [1.165, 1.54) is 29.9 Å². The number of halogens is 1. The lowest BCUT2D eigenvalue weighted by Gasteiger charge is -2.15. The molecular formula is C25H19FN4O3S. The van der Waals surface area contributed by atoms with Crippen molar-refractivity contribution in [2.75, 3.05) is 18.2 Å². The number of carbonyl (C=O) groups excluding carboxylic acids is 1. The third kappa shape index (κ3) is 4.01. The topological polar surface area (TPSA) is 89.0 Å². The van der Waals surface area contributed by atoms with Gasteiger partial charge in [0.25, 0.3) is 5.56 Å². The molecule has 0 aliphatic rings. The first-order valence-electron chi connectivity index (χ1n) is 10.4. The van der Waals surface area contributed by atoms with Gasteiger partial charge in [0.15, 0.2) is 5.16 Å². The number of methoxy groups -OCH3 is 1. The molecule has 0 aliphatic carbocycles. The molecule has 0 aliphatic heterocycles. The number of aromatic nitrogens is 3. The van der Waals surface area contributed by atoms with Crippen LogP contribution in [0, 0.1) is 5.82 Å². The van der Waals surface area contributed by atoms with Crippen LogP contribution in [-0.2, 0) is 4.79 Å². The summed E-state index contributed by atoms with van der Waals surface area (Å²) in [6.45, 7) is 0. The first kappa shape index (κ1) is 21.7. The summed E-state index contributed by atoms with van der Waals surface area (Å²) in [4.78, 5) is 34.2. The zero-order valence-corrected chi connectivity index (χ0v) is 18.9. The molecule has 1 amide bonds. The molecule has 0 unspecified atom stereocenters. The van der Waals surface area contributed by atoms with Crippen molar-refractivity contribution in [3.8, 4) is 11.4 Å². The van der Waals surface area contributed by atoms with Crippen molar-refractivity contribution in [2.24, 2.45) is 0 Å². The number of hydrogen-bond donors (Lipinski definition) is 2. The van der Waals surface area contributed by atoms with E-state index < -0.39 is 5.82 Å². The van der Waals surface area contributed by atoms with E-state index in [1.807, 2.05) is 30.3 Å². The maximum atomic E-state index is 13.6. The van der Waals surface area contributed by atoms with Crippen LogP contribution in [0.1, 0.15) is 0 Å². The lowest BCUT2D eigenvalue weighted by Crippen LogP contribution is -2.23. The summed E-state index contributed by atoms with van der Waals surface area (Å²) in [6, 6.07) is 20.3. The van der Waals surface area contributed by atoms with Crippen molar-refractivity contribution in [3.63, 3.8) is 0 Å². The van der Waals surface area contributed by atoms with Crippen molar-refractivity contribution in [1.29, 1.82) is 0 Å². The highest BCUT2D eigenvalue weighted by Gasteiger charge is 2.20. The molecule has 7 nitrogen and oxygen atoms in total. The lowest BCUT2D eigenvalue weighted by atomic mass is 10.2. The fraction of sp³-hybridized carbons (Fsp3) is 0.0800. The minimum atomic E-state index is -0.443. The minimum Gasteiger partial charge on any atom is -0.495 e. The molecule has 34 heavy (non-hydrogen) atoms. The molecule has 0 atom stereocenters. The Morgan fingerprint density at radius 3 is 2.74 bits per heavy atom. The molecule has 0 saturated heterocycles. The van der Waals surface area contributed by atoms with Gasteiger partial charge >= 0.3 is 0 Å². The predicted octanol–water partition coefficient (Wildman–Crippen LogP) is 4.75. The van der Waals surface area contributed by atoms with Crippen molar-refractivity contribution in [3.05, 3.63) is 89.0 Å². The summed E-state index contributed by atoms with van der Waals surface area (Å²) in [6.07, 6.45) is 0. The van der Waals surface area contributed by atoms with Crippen LogP contribution in [0.25, 0.3) is 27.6 Å². The zero-order valence-electron chi connectivity index (χ0n) is 18.0. The van der Waals surface area contributed by atoms with Gasteiger partial charge in [0.05, 0.1) is 18.6 Å². The highest BCUT2D eigenvalue weighted by molar-refractivity contribution is 7.99. The van der Waals surface area contributed by atoms with Crippen LogP contribution in [0.4, 0.5) is 10.1 Å². The maximum absolute atomic E-state index is 13.6. The number of hydrogen-bond acceptors (Lipinski definition) is 5. The fourth-order valence-corrected chi connectivity index (χ4v) is 4.56. The second-order valence-electron chi connectivity index (χ2n) is 7.45. The van der Waals surface area contributed by atoms with Crippen LogP contribution in [-0.4, -0.2) is 33.3 Å². The van der Waals surface area contributed by atoms with Gasteiger partial charge in [0.1, 0.15) is 22.6 Å². The maximum Gasteiger partial charge on any atom is 0.283 e. The molecule has 5 rings (SSSR count). The number of nitrogens with one attached hydrogen (secondary N) is 2. The SMILES string of the molecule is COc1ccccc1-n1c(SCC(=O)Nc2cccc(F)c2)nc2c([nH]c3ccccc32)c1=O. The van der Waals surface area contributed by atoms with E-state index in [1.54, 1.807) is 24.3 Å². The summed E-state index contributed by atoms with van der Waals surface area (Å²) in [5, 5.41) is 3.81. The van der Waals surface area contributed by atoms with Crippen LogP contribution in [0.3, 0.4) is 0 Å². The van der Waals surface area contributed by atoms with E-state index >= 15 is 0 Å². The third-order valence-electron chi connectivity index (χ3n) is 5.26. The normalized spacial score (nSPS) is 11.1. The van der Waals surface area contributed by atoms with Gasteiger partial charge in [-0.1, -0.05) is 48.2 Å². The molecule has 0 saturated carbocycles. The predicted molar refractivity (Wildman–Crippen MR) is 132 cm³/mol. The van der Waals surface area contributed by atoms with E-state index in [0.29, 0.717) is 33.3 Å². The lowest BCUT2D eigenvalue weighted by molar-refractivity contribution is -0.113. The van der Waals surface area contributed by atoms with Gasteiger partial charge < -0.3 is 15.0 Å². The number of rotatable bonds is 6. The molecule has 0 spiro atoms. The first-order valence-corrected chi connectivity index (χ1v) is 11.4. The van der Waals surface area contributed by atoms with Crippen molar-refractivity contribution in [2.45, 2.75) is 5.16 Å². The van der Waals surface area contributed by atoms with Crippen LogP contribution < -0.4 is 15.6 Å². The quantitative estimate of drug-likeness (QED) is 0.274. The van der Waals surface area contributed by atoms with Crippen molar-refractivity contribution in [1.82, 2.24) is 14.5 Å². The highest BCUT2D eigenvalue weighted by Crippen LogP contribution is 2.29. The van der Waals surface area contributed by atoms with Crippen LogP contribution >= 0.6 is 11.8 Å². The Bertz CT molecular complexity index is 1590. The molecule has 2 heterocycles. The molecule has 2 N–H and O–H groups in total. The van der Waals surface area contributed by atoms with Gasteiger partial charge in [-0.3, -0.25) is 9.59 Å². The number of benzene rings is 3. The average Bonchev–Trinajstić information content (AvgIpc) is 3.22. The number of para-hydroxylation sites is 3. The van der Waals surface area contributed by atoms with E-state index in [-0.39, 0.29) is 17.2 Å². The second kappa shape index (κ2) is 9.03. The summed E-state index contributed by atoms with van der Waals surface area (Å²) in [5.41, 5.74) is 2.24. The number of amides is 1. The number of carbonyl (C=O) groups is 1. The summed E-state index contributed by atoms with van der Waals surface area (Å²) in [5.74, 6) is -0.336. The summed E-state index contributed by atoms with van der Waals surface area (Å²) < 4.78 is 20.4. The van der Waals surface area contributed by atoms with Gasteiger partial charge in [-0.2, -0.15) is 0 Å². The highest BCUT2D eigenvalue weighted by atomic mass is 32.2. The summed E-state index contributed by atoms with van der Waals surface area (Å²) in [7, 11) is 1.53. The van der Waals surface area contributed by atoms with E-state index in [4.69, 9.17) is 9.72 Å².